The SMILES string of the molecule is CC(C)OC(=O)[C@@H](NP(=O)(OC[C@H]1O[C@@H](n2cnc3c(N)ncnc32)[C@@H](O)[C@@H]1O)Oc1ccccc1)C(C)C. The molecule has 6 atom stereocenters. The number of rotatable bonds is 11. The molecule has 0 saturated carbocycles. The molecule has 212 valence electrons. The number of imidazole rings is 1. The molecule has 4 rings (SSSR count). The zero-order chi connectivity index (χ0) is 28.3. The predicted octanol–water partition coefficient (Wildman–Crippen LogP) is 1.80. The zero-order valence-electron chi connectivity index (χ0n) is 21.9. The Morgan fingerprint density at radius 3 is 2.54 bits per heavy atom. The Hall–Kier alpha value is -3.13. The molecule has 14 nitrogen and oxygen atoms in total. The number of nitrogens with one attached hydrogen (secondary N) is 1. The highest BCUT2D eigenvalue weighted by atomic mass is 31.2. The average Bonchev–Trinajstić information content (AvgIpc) is 3.43. The maximum absolute atomic E-state index is 13.9. The molecule has 2 aromatic heterocycles. The first-order valence-corrected chi connectivity index (χ1v) is 14.0. The van der Waals surface area contributed by atoms with E-state index >= 15 is 0 Å². The molecule has 5 N–H and O–H groups in total. The van der Waals surface area contributed by atoms with E-state index in [1.165, 1.54) is 17.2 Å². The van der Waals surface area contributed by atoms with Crippen LogP contribution in [-0.4, -0.2) is 72.8 Å². The summed E-state index contributed by atoms with van der Waals surface area (Å²) >= 11 is 0. The fourth-order valence-corrected chi connectivity index (χ4v) is 5.65. The third-order valence-corrected chi connectivity index (χ3v) is 7.48. The fourth-order valence-electron chi connectivity index (χ4n) is 3.98. The van der Waals surface area contributed by atoms with E-state index in [1.807, 2.05) is 0 Å². The van der Waals surface area contributed by atoms with Crippen molar-refractivity contribution in [2.24, 2.45) is 5.92 Å². The molecule has 1 aromatic carbocycles. The van der Waals surface area contributed by atoms with Crippen molar-refractivity contribution in [3.05, 3.63) is 43.0 Å². The summed E-state index contributed by atoms with van der Waals surface area (Å²) in [5.74, 6) is -0.592. The molecule has 1 unspecified atom stereocenters. The number of hydrogen-bond donors (Lipinski definition) is 4. The number of ether oxygens (including phenoxy) is 2. The van der Waals surface area contributed by atoms with Gasteiger partial charge in [0.2, 0.25) is 0 Å². The molecule has 1 aliphatic rings. The lowest BCUT2D eigenvalue weighted by molar-refractivity contribution is -0.150. The average molecular weight is 565 g/mol. The summed E-state index contributed by atoms with van der Waals surface area (Å²) in [6.45, 7) is 6.46. The van der Waals surface area contributed by atoms with Crippen LogP contribution < -0.4 is 15.3 Å². The summed E-state index contributed by atoms with van der Waals surface area (Å²) in [5.41, 5.74) is 6.44. The second-order valence-electron chi connectivity index (χ2n) is 9.66. The minimum atomic E-state index is -4.25. The first-order chi connectivity index (χ1) is 18.5. The summed E-state index contributed by atoms with van der Waals surface area (Å²) < 4.78 is 37.9. The van der Waals surface area contributed by atoms with Gasteiger partial charge < -0.3 is 29.9 Å². The van der Waals surface area contributed by atoms with Gasteiger partial charge in [-0.25, -0.2) is 19.5 Å². The number of fused-ring (bicyclic) bond motifs is 1. The number of anilines is 1. The van der Waals surface area contributed by atoms with Crippen molar-refractivity contribution in [2.75, 3.05) is 12.3 Å². The number of carbonyl (C=O) groups is 1. The molecule has 0 aliphatic carbocycles. The highest BCUT2D eigenvalue weighted by molar-refractivity contribution is 7.52. The van der Waals surface area contributed by atoms with Gasteiger partial charge in [-0.05, 0) is 31.9 Å². The zero-order valence-corrected chi connectivity index (χ0v) is 22.8. The topological polar surface area (TPSA) is 193 Å². The number of carbonyl (C=O) groups excluding carboxylic acids is 1. The maximum Gasteiger partial charge on any atom is 0.459 e. The molecule has 0 spiro atoms. The summed E-state index contributed by atoms with van der Waals surface area (Å²) in [7, 11) is -4.25. The summed E-state index contributed by atoms with van der Waals surface area (Å²) in [4.78, 5) is 24.9. The van der Waals surface area contributed by atoms with Gasteiger partial charge >= 0.3 is 13.7 Å². The van der Waals surface area contributed by atoms with Gasteiger partial charge in [0.1, 0.15) is 41.9 Å². The van der Waals surface area contributed by atoms with Crippen LogP contribution in [0.1, 0.15) is 33.9 Å². The van der Waals surface area contributed by atoms with E-state index < -0.39 is 57.0 Å². The number of nitrogens with two attached hydrogens (primary N) is 1. The van der Waals surface area contributed by atoms with Crippen molar-refractivity contribution in [3.8, 4) is 5.75 Å². The van der Waals surface area contributed by atoms with Gasteiger partial charge in [-0.2, -0.15) is 5.09 Å². The van der Waals surface area contributed by atoms with Gasteiger partial charge in [0.15, 0.2) is 17.7 Å². The molecule has 0 radical (unpaired) electrons. The van der Waals surface area contributed by atoms with E-state index in [-0.39, 0.29) is 17.5 Å². The minimum absolute atomic E-state index is 0.146. The Balaban J connectivity index is 1.54. The van der Waals surface area contributed by atoms with Crippen molar-refractivity contribution in [3.63, 3.8) is 0 Å². The molecule has 1 fully saturated rings. The van der Waals surface area contributed by atoms with Crippen LogP contribution in [0, 0.1) is 5.92 Å². The standard InChI is InChI=1S/C24H33N6O8P/c1-13(2)17(24(33)36-14(3)4)29-39(34,38-15-8-6-5-7-9-15)35-10-16-19(31)20(32)23(37-16)30-12-28-18-21(25)26-11-27-22(18)30/h5-9,11-14,16-17,19-20,23,31-32H,10H2,1-4H3,(H,29,34)(H2,25,26,27)/t16-,17+,19-,20+,23-,39?/m1/s1. The van der Waals surface area contributed by atoms with Crippen LogP contribution in [0.5, 0.6) is 5.75 Å². The van der Waals surface area contributed by atoms with Crippen LogP contribution in [0.3, 0.4) is 0 Å². The Morgan fingerprint density at radius 1 is 1.15 bits per heavy atom. The van der Waals surface area contributed by atoms with E-state index in [0.29, 0.717) is 11.2 Å². The highest BCUT2D eigenvalue weighted by Gasteiger charge is 2.46. The molecule has 3 aromatic rings. The number of para-hydroxylation sites is 1. The third kappa shape index (κ3) is 6.55. The predicted molar refractivity (Wildman–Crippen MR) is 139 cm³/mol. The molecular weight excluding hydrogens is 531 g/mol. The van der Waals surface area contributed by atoms with Crippen LogP contribution in [0.25, 0.3) is 11.2 Å². The molecule has 1 aliphatic heterocycles. The smallest absolute Gasteiger partial charge is 0.459 e. The van der Waals surface area contributed by atoms with Crippen molar-refractivity contribution < 1.29 is 38.1 Å². The number of hydrogen-bond acceptors (Lipinski definition) is 12. The first kappa shape index (κ1) is 28.9. The minimum Gasteiger partial charge on any atom is -0.462 e. The van der Waals surface area contributed by atoms with Gasteiger partial charge in [0.05, 0.1) is 19.0 Å². The van der Waals surface area contributed by atoms with E-state index in [0.717, 1.165) is 0 Å². The van der Waals surface area contributed by atoms with Crippen molar-refractivity contribution >= 4 is 30.7 Å². The number of esters is 1. The van der Waals surface area contributed by atoms with Crippen LogP contribution in [0.15, 0.2) is 43.0 Å². The number of aliphatic hydroxyl groups excluding tert-OH is 2. The van der Waals surface area contributed by atoms with E-state index in [9.17, 15) is 19.6 Å². The molecule has 0 amide bonds. The summed E-state index contributed by atoms with van der Waals surface area (Å²) in [5, 5.41) is 24.2. The van der Waals surface area contributed by atoms with Crippen molar-refractivity contribution in [1.29, 1.82) is 0 Å². The number of benzene rings is 1. The van der Waals surface area contributed by atoms with Gasteiger partial charge in [0, 0.05) is 0 Å². The maximum atomic E-state index is 13.9. The lowest BCUT2D eigenvalue weighted by atomic mass is 10.1. The van der Waals surface area contributed by atoms with Crippen molar-refractivity contribution in [1.82, 2.24) is 24.6 Å². The van der Waals surface area contributed by atoms with Crippen LogP contribution in [-0.2, 0) is 23.4 Å². The van der Waals surface area contributed by atoms with E-state index in [1.54, 1.807) is 58.0 Å². The highest BCUT2D eigenvalue weighted by Crippen LogP contribution is 2.46. The molecular formula is C24H33N6O8P. The number of nitrogens with zero attached hydrogens (tertiary/aromatic N) is 4. The van der Waals surface area contributed by atoms with Gasteiger partial charge in [0.25, 0.3) is 0 Å². The number of aromatic nitrogens is 4. The lowest BCUT2D eigenvalue weighted by Crippen LogP contribution is -2.43. The molecule has 39 heavy (non-hydrogen) atoms. The summed E-state index contributed by atoms with van der Waals surface area (Å²) in [6.07, 6.45) is -2.85. The van der Waals surface area contributed by atoms with Gasteiger partial charge in [-0.3, -0.25) is 13.9 Å². The number of aliphatic hydroxyl groups is 2. The monoisotopic (exact) mass is 564 g/mol. The number of nitrogen functional groups attached to an aromatic ring is 1. The first-order valence-electron chi connectivity index (χ1n) is 12.4. The molecule has 3 heterocycles. The lowest BCUT2D eigenvalue weighted by Gasteiger charge is -2.28. The Labute approximate surface area is 225 Å². The molecule has 15 heteroatoms. The third-order valence-electron chi connectivity index (χ3n) is 5.95. The van der Waals surface area contributed by atoms with E-state index in [4.69, 9.17) is 24.3 Å². The van der Waals surface area contributed by atoms with E-state index in [2.05, 4.69) is 20.0 Å². The second-order valence-corrected chi connectivity index (χ2v) is 11.4. The van der Waals surface area contributed by atoms with Crippen LogP contribution >= 0.6 is 7.75 Å². The Morgan fingerprint density at radius 2 is 1.87 bits per heavy atom. The van der Waals surface area contributed by atoms with Gasteiger partial charge in [-0.15, -0.1) is 0 Å². The normalized spacial score (nSPS) is 23.7. The summed E-state index contributed by atoms with van der Waals surface area (Å²) in [6, 6.07) is 7.25. The van der Waals surface area contributed by atoms with Crippen LogP contribution in [0.2, 0.25) is 0 Å². The molecule has 1 saturated heterocycles. The quantitative estimate of drug-likeness (QED) is 0.195. The van der Waals surface area contributed by atoms with Gasteiger partial charge in [-0.1, -0.05) is 32.0 Å². The van der Waals surface area contributed by atoms with Crippen molar-refractivity contribution in [2.45, 2.75) is 64.4 Å². The largest absolute Gasteiger partial charge is 0.462 e. The Kier molecular flexibility index (Phi) is 8.84. The van der Waals surface area contributed by atoms with Crippen LogP contribution in [0.4, 0.5) is 5.82 Å². The molecule has 0 bridgehead atoms. The Bertz CT molecular complexity index is 1320. The fraction of sp³-hybridized carbons (Fsp3) is 0.500. The second kappa shape index (κ2) is 11.9.